The summed E-state index contributed by atoms with van der Waals surface area (Å²) in [5.41, 5.74) is 0.703. The highest BCUT2D eigenvalue weighted by molar-refractivity contribution is 6.54. The Balaban J connectivity index is 2.00. The summed E-state index contributed by atoms with van der Waals surface area (Å²) in [6, 6.07) is 6.16. The predicted molar refractivity (Wildman–Crippen MR) is 90.9 cm³/mol. The summed E-state index contributed by atoms with van der Waals surface area (Å²) < 4.78 is 0. The number of hydrogen-bond donors (Lipinski definition) is 0. The lowest BCUT2D eigenvalue weighted by atomic mass is 10.2. The van der Waals surface area contributed by atoms with Crippen LogP contribution in [0.25, 0.3) is 11.0 Å². The van der Waals surface area contributed by atoms with Crippen molar-refractivity contribution in [3.63, 3.8) is 0 Å². The van der Waals surface area contributed by atoms with Crippen molar-refractivity contribution in [2.75, 3.05) is 0 Å². The number of aromatic nitrogens is 3. The van der Waals surface area contributed by atoms with Gasteiger partial charge in [0.05, 0.1) is 30.6 Å². The van der Waals surface area contributed by atoms with Crippen molar-refractivity contribution in [3.8, 4) is 0 Å². The van der Waals surface area contributed by atoms with Gasteiger partial charge in [-0.05, 0) is 11.3 Å². The number of fused-ring (bicyclic) bond motifs is 1. The van der Waals surface area contributed by atoms with Crippen LogP contribution in [0.2, 0.25) is 20.1 Å². The summed E-state index contributed by atoms with van der Waals surface area (Å²) >= 11 is 24.2. The van der Waals surface area contributed by atoms with Gasteiger partial charge < -0.3 is 4.84 Å². The Hall–Kier alpha value is -1.80. The molecule has 3 aromatic rings. The average Bonchev–Trinajstić information content (AvgIpc) is 3.00. The summed E-state index contributed by atoms with van der Waals surface area (Å²) in [6.07, 6.45) is 0. The summed E-state index contributed by atoms with van der Waals surface area (Å²) in [5, 5.41) is 18.9. The van der Waals surface area contributed by atoms with Gasteiger partial charge in [-0.15, -0.1) is 5.10 Å². The standard InChI is InChI=1S/C13H6Cl4N4O3/c14-8-9(15)11(17)13-12(10(8)16)18-19-20(13)24-5-6-3-1-2-4-7(6)21(22)23/h1-4H,5H2. The maximum Gasteiger partial charge on any atom is 0.276 e. The number of nitro groups is 1. The molecular weight excluding hydrogens is 402 g/mol. The third-order valence-corrected chi connectivity index (χ3v) is 4.95. The second-order valence-corrected chi connectivity index (χ2v) is 6.09. The molecule has 0 bridgehead atoms. The van der Waals surface area contributed by atoms with Crippen molar-refractivity contribution in [2.45, 2.75) is 6.61 Å². The first-order valence-electron chi connectivity index (χ1n) is 6.34. The van der Waals surface area contributed by atoms with E-state index in [1.54, 1.807) is 18.2 Å². The molecule has 0 saturated heterocycles. The van der Waals surface area contributed by atoms with E-state index in [-0.39, 0.29) is 43.4 Å². The molecular formula is C13H6Cl4N4O3. The molecule has 24 heavy (non-hydrogen) atoms. The molecule has 124 valence electrons. The zero-order chi connectivity index (χ0) is 17.4. The van der Waals surface area contributed by atoms with Gasteiger partial charge in [0.25, 0.3) is 5.69 Å². The van der Waals surface area contributed by atoms with Crippen LogP contribution in [0.5, 0.6) is 0 Å². The molecule has 1 heterocycles. The highest BCUT2D eigenvalue weighted by atomic mass is 35.5. The number of nitrogens with zero attached hydrogens (tertiary/aromatic N) is 4. The minimum absolute atomic E-state index is 0.0358. The third-order valence-electron chi connectivity index (χ3n) is 3.17. The molecule has 2 aromatic carbocycles. The van der Waals surface area contributed by atoms with Gasteiger partial charge in [-0.3, -0.25) is 10.1 Å². The molecule has 0 fully saturated rings. The molecule has 0 aliphatic rings. The van der Waals surface area contributed by atoms with Gasteiger partial charge in [0.1, 0.15) is 12.1 Å². The predicted octanol–water partition coefficient (Wildman–Crippen LogP) is 4.58. The average molecular weight is 408 g/mol. The molecule has 0 aliphatic carbocycles. The van der Waals surface area contributed by atoms with E-state index >= 15 is 0 Å². The van der Waals surface area contributed by atoms with E-state index in [9.17, 15) is 10.1 Å². The molecule has 0 saturated carbocycles. The van der Waals surface area contributed by atoms with Crippen LogP contribution >= 0.6 is 46.4 Å². The number of rotatable bonds is 4. The molecule has 0 unspecified atom stereocenters. The van der Waals surface area contributed by atoms with Crippen LogP contribution in [0.15, 0.2) is 24.3 Å². The minimum atomic E-state index is -0.501. The van der Waals surface area contributed by atoms with Crippen molar-refractivity contribution in [2.24, 2.45) is 0 Å². The number of nitro benzene ring substituents is 1. The Labute approximate surface area is 154 Å². The fourth-order valence-corrected chi connectivity index (χ4v) is 2.98. The Morgan fingerprint density at radius 3 is 2.46 bits per heavy atom. The van der Waals surface area contributed by atoms with Crippen molar-refractivity contribution >= 4 is 63.1 Å². The Bertz CT molecular complexity index is 960. The molecule has 7 nitrogen and oxygen atoms in total. The van der Waals surface area contributed by atoms with E-state index in [2.05, 4.69) is 10.3 Å². The number of para-hydroxylation sites is 1. The smallest absolute Gasteiger partial charge is 0.276 e. The summed E-state index contributed by atoms with van der Waals surface area (Å²) in [4.78, 5) is 17.0. The van der Waals surface area contributed by atoms with Crippen molar-refractivity contribution in [1.29, 1.82) is 0 Å². The fourth-order valence-electron chi connectivity index (χ4n) is 2.04. The van der Waals surface area contributed by atoms with Crippen LogP contribution in [0, 0.1) is 10.1 Å². The van der Waals surface area contributed by atoms with Crippen LogP contribution < -0.4 is 4.84 Å². The van der Waals surface area contributed by atoms with Gasteiger partial charge in [0.15, 0.2) is 5.52 Å². The number of benzene rings is 2. The van der Waals surface area contributed by atoms with Gasteiger partial charge in [0, 0.05) is 6.07 Å². The molecule has 0 radical (unpaired) electrons. The van der Waals surface area contributed by atoms with Crippen LogP contribution in [-0.2, 0) is 6.61 Å². The van der Waals surface area contributed by atoms with Gasteiger partial charge in [-0.1, -0.05) is 63.4 Å². The molecule has 1 aromatic heterocycles. The van der Waals surface area contributed by atoms with E-state index in [1.807, 2.05) is 0 Å². The van der Waals surface area contributed by atoms with E-state index in [1.165, 1.54) is 6.07 Å². The van der Waals surface area contributed by atoms with E-state index < -0.39 is 4.92 Å². The topological polar surface area (TPSA) is 83.1 Å². The van der Waals surface area contributed by atoms with Gasteiger partial charge >= 0.3 is 0 Å². The highest BCUT2D eigenvalue weighted by Crippen LogP contribution is 2.41. The lowest BCUT2D eigenvalue weighted by Gasteiger charge is -2.08. The fraction of sp³-hybridized carbons (Fsp3) is 0.0769. The van der Waals surface area contributed by atoms with Crippen LogP contribution in [0.3, 0.4) is 0 Å². The molecule has 0 spiro atoms. The molecule has 0 atom stereocenters. The maximum absolute atomic E-state index is 11.0. The molecule has 0 amide bonds. The quantitative estimate of drug-likeness (QED) is 0.273. The first-order chi connectivity index (χ1) is 11.4. The number of hydrogen-bond acceptors (Lipinski definition) is 5. The van der Waals surface area contributed by atoms with Gasteiger partial charge in [-0.2, -0.15) is 0 Å². The van der Waals surface area contributed by atoms with Crippen molar-refractivity contribution in [3.05, 3.63) is 60.0 Å². The van der Waals surface area contributed by atoms with Crippen molar-refractivity contribution in [1.82, 2.24) is 15.2 Å². The normalized spacial score (nSPS) is 11.0. The van der Waals surface area contributed by atoms with Crippen LogP contribution in [0.4, 0.5) is 5.69 Å². The van der Waals surface area contributed by atoms with Gasteiger partial charge in [-0.25, -0.2) is 0 Å². The highest BCUT2D eigenvalue weighted by Gasteiger charge is 2.22. The lowest BCUT2D eigenvalue weighted by molar-refractivity contribution is -0.385. The first-order valence-corrected chi connectivity index (χ1v) is 7.86. The van der Waals surface area contributed by atoms with E-state index in [0.717, 1.165) is 4.85 Å². The van der Waals surface area contributed by atoms with Gasteiger partial charge in [0.2, 0.25) is 0 Å². The van der Waals surface area contributed by atoms with E-state index in [4.69, 9.17) is 51.2 Å². The van der Waals surface area contributed by atoms with Crippen molar-refractivity contribution < 1.29 is 9.76 Å². The SMILES string of the molecule is O=[N+]([O-])c1ccccc1COn1nnc2c(Cl)c(Cl)c(Cl)c(Cl)c21. The summed E-state index contributed by atoms with van der Waals surface area (Å²) in [6.45, 7) is -0.135. The Morgan fingerprint density at radius 2 is 1.75 bits per heavy atom. The van der Waals surface area contributed by atoms with E-state index in [0.29, 0.717) is 5.56 Å². The largest absolute Gasteiger partial charge is 0.390 e. The molecule has 0 N–H and O–H groups in total. The molecule has 11 heteroatoms. The molecule has 3 rings (SSSR count). The summed E-state index contributed by atoms with van der Waals surface area (Å²) in [7, 11) is 0. The monoisotopic (exact) mass is 406 g/mol. The minimum Gasteiger partial charge on any atom is -0.390 e. The zero-order valence-corrected chi connectivity index (χ0v) is 14.6. The zero-order valence-electron chi connectivity index (χ0n) is 11.5. The third kappa shape index (κ3) is 2.84. The Morgan fingerprint density at radius 1 is 1.08 bits per heavy atom. The molecule has 0 aliphatic heterocycles. The summed E-state index contributed by atoms with van der Waals surface area (Å²) in [5.74, 6) is 0. The second kappa shape index (κ2) is 6.60. The van der Waals surface area contributed by atoms with Crippen LogP contribution in [-0.4, -0.2) is 20.1 Å². The first kappa shape index (κ1) is 17.0. The van der Waals surface area contributed by atoms with Crippen LogP contribution in [0.1, 0.15) is 5.56 Å². The lowest BCUT2D eigenvalue weighted by Crippen LogP contribution is -2.14. The second-order valence-electron chi connectivity index (χ2n) is 4.57. The maximum atomic E-state index is 11.0. The Kier molecular flexibility index (Phi) is 4.69. The number of halogens is 4.